The largest absolute Gasteiger partial charge is 0.455 e. The maximum atomic E-state index is 13.1. The molecule has 6 heteroatoms. The number of aromatic amines is 1. The van der Waals surface area contributed by atoms with Gasteiger partial charge in [-0.2, -0.15) is 0 Å². The summed E-state index contributed by atoms with van der Waals surface area (Å²) >= 11 is 0. The Labute approximate surface area is 164 Å². The number of rotatable bonds is 4. The first-order valence-electron chi connectivity index (χ1n) is 10.3. The lowest BCUT2D eigenvalue weighted by atomic mass is 10.1. The number of hydrogen-bond donors (Lipinski definition) is 1. The number of hydrogen-bond acceptors (Lipinski definition) is 4. The highest BCUT2D eigenvalue weighted by molar-refractivity contribution is 5.92. The summed E-state index contributed by atoms with van der Waals surface area (Å²) in [6.45, 7) is 3.76. The Bertz CT molecular complexity index is 937. The fraction of sp³-hybridized carbons (Fsp3) is 0.455. The van der Waals surface area contributed by atoms with Crippen LogP contribution < -0.4 is 0 Å². The minimum Gasteiger partial charge on any atom is -0.455 e. The molecule has 0 radical (unpaired) electrons. The number of furan rings is 1. The third kappa shape index (κ3) is 3.33. The van der Waals surface area contributed by atoms with Crippen molar-refractivity contribution >= 4 is 16.9 Å². The van der Waals surface area contributed by atoms with Crippen molar-refractivity contribution in [1.29, 1.82) is 0 Å². The third-order valence-corrected chi connectivity index (χ3v) is 5.94. The van der Waals surface area contributed by atoms with Crippen molar-refractivity contribution in [2.75, 3.05) is 19.6 Å². The number of aromatic nitrogens is 2. The molecule has 2 aliphatic heterocycles. The topological polar surface area (TPSA) is 65.4 Å². The predicted molar refractivity (Wildman–Crippen MR) is 107 cm³/mol. The molecule has 1 amide bonds. The van der Waals surface area contributed by atoms with E-state index in [4.69, 9.17) is 9.40 Å². The van der Waals surface area contributed by atoms with Gasteiger partial charge in [0.15, 0.2) is 5.76 Å². The molecule has 146 valence electrons. The van der Waals surface area contributed by atoms with Gasteiger partial charge < -0.3 is 14.3 Å². The van der Waals surface area contributed by atoms with Crippen LogP contribution in [-0.2, 0) is 6.54 Å². The Morgan fingerprint density at radius 1 is 1.07 bits per heavy atom. The van der Waals surface area contributed by atoms with Gasteiger partial charge in [-0.15, -0.1) is 0 Å². The van der Waals surface area contributed by atoms with E-state index in [1.54, 1.807) is 0 Å². The van der Waals surface area contributed by atoms with E-state index in [9.17, 15) is 4.79 Å². The van der Waals surface area contributed by atoms with E-state index in [0.717, 1.165) is 61.6 Å². The van der Waals surface area contributed by atoms with E-state index in [1.165, 1.54) is 19.3 Å². The van der Waals surface area contributed by atoms with Crippen molar-refractivity contribution in [3.05, 3.63) is 53.7 Å². The van der Waals surface area contributed by atoms with Gasteiger partial charge in [-0.05, 0) is 63.0 Å². The zero-order valence-electron chi connectivity index (χ0n) is 16.1. The Morgan fingerprint density at radius 2 is 1.93 bits per heavy atom. The predicted octanol–water partition coefficient (Wildman–Crippen LogP) is 4.12. The molecule has 0 saturated carbocycles. The quantitative estimate of drug-likeness (QED) is 0.742. The Morgan fingerprint density at radius 3 is 2.79 bits per heavy atom. The van der Waals surface area contributed by atoms with E-state index < -0.39 is 0 Å². The van der Waals surface area contributed by atoms with Crippen LogP contribution >= 0.6 is 0 Å². The van der Waals surface area contributed by atoms with Crippen molar-refractivity contribution in [2.45, 2.75) is 44.7 Å². The van der Waals surface area contributed by atoms with Crippen LogP contribution in [0.4, 0.5) is 0 Å². The Hall–Kier alpha value is -2.60. The third-order valence-electron chi connectivity index (χ3n) is 5.94. The number of nitrogens with zero attached hydrogens (tertiary/aromatic N) is 3. The van der Waals surface area contributed by atoms with Gasteiger partial charge in [-0.25, -0.2) is 4.98 Å². The number of carbonyl (C=O) groups is 1. The molecule has 5 rings (SSSR count). The first-order chi connectivity index (χ1) is 13.8. The van der Waals surface area contributed by atoms with Crippen LogP contribution in [0.3, 0.4) is 0 Å². The number of fused-ring (bicyclic) bond motifs is 1. The van der Waals surface area contributed by atoms with Crippen molar-refractivity contribution in [2.24, 2.45) is 0 Å². The second-order valence-corrected chi connectivity index (χ2v) is 7.90. The van der Waals surface area contributed by atoms with Gasteiger partial charge in [-0.1, -0.05) is 18.6 Å². The van der Waals surface area contributed by atoms with E-state index in [-0.39, 0.29) is 11.9 Å². The molecule has 0 spiro atoms. The van der Waals surface area contributed by atoms with Gasteiger partial charge in [-0.3, -0.25) is 9.69 Å². The summed E-state index contributed by atoms with van der Waals surface area (Å²) in [6, 6.07) is 11.8. The first-order valence-corrected chi connectivity index (χ1v) is 10.3. The Balaban J connectivity index is 1.32. The van der Waals surface area contributed by atoms with E-state index >= 15 is 0 Å². The molecule has 2 aromatic heterocycles. The lowest BCUT2D eigenvalue weighted by molar-refractivity contribution is 0.0693. The number of para-hydroxylation sites is 2. The first kappa shape index (κ1) is 17.5. The fourth-order valence-electron chi connectivity index (χ4n) is 4.48. The molecule has 2 aliphatic rings. The molecule has 2 fully saturated rings. The summed E-state index contributed by atoms with van der Waals surface area (Å²) in [7, 11) is 0. The van der Waals surface area contributed by atoms with E-state index in [1.807, 2.05) is 41.3 Å². The van der Waals surface area contributed by atoms with Crippen molar-refractivity contribution in [1.82, 2.24) is 19.8 Å². The van der Waals surface area contributed by atoms with Crippen LogP contribution in [0.1, 0.15) is 60.3 Å². The monoisotopic (exact) mass is 378 g/mol. The molecule has 1 aromatic carbocycles. The number of nitrogens with one attached hydrogen (secondary N) is 1. The molecule has 2 saturated heterocycles. The highest BCUT2D eigenvalue weighted by Gasteiger charge is 2.34. The number of amides is 1. The summed E-state index contributed by atoms with van der Waals surface area (Å²) in [5.41, 5.74) is 1.96. The molecule has 6 nitrogen and oxygen atoms in total. The maximum Gasteiger partial charge on any atom is 0.290 e. The lowest BCUT2D eigenvalue weighted by Gasteiger charge is -2.25. The SMILES string of the molecule is O=C(c1ccc(CN2CCCCC2)o1)N1CCC[C@@H]1c1nc2ccccc2[nH]1. The van der Waals surface area contributed by atoms with Gasteiger partial charge in [0.1, 0.15) is 11.6 Å². The number of imidazole rings is 1. The molecular weight excluding hydrogens is 352 g/mol. The summed E-state index contributed by atoms with van der Waals surface area (Å²) in [6.07, 6.45) is 5.72. The average molecular weight is 378 g/mol. The average Bonchev–Trinajstić information content (AvgIpc) is 3.46. The molecule has 0 aliphatic carbocycles. The highest BCUT2D eigenvalue weighted by atomic mass is 16.4. The summed E-state index contributed by atoms with van der Waals surface area (Å²) in [5, 5.41) is 0. The highest BCUT2D eigenvalue weighted by Crippen LogP contribution is 2.33. The standard InChI is InChI=1S/C22H26N4O2/c27-22(20-11-10-16(28-20)15-25-12-4-1-5-13-25)26-14-6-9-19(26)21-23-17-7-2-3-8-18(17)24-21/h2-3,7-8,10-11,19H,1,4-6,9,12-15H2,(H,23,24)/t19-/m1/s1. The van der Waals surface area contributed by atoms with Gasteiger partial charge in [0.25, 0.3) is 5.91 Å². The fourth-order valence-corrected chi connectivity index (χ4v) is 4.48. The summed E-state index contributed by atoms with van der Waals surface area (Å²) in [4.78, 5) is 25.5. The van der Waals surface area contributed by atoms with E-state index in [2.05, 4.69) is 9.88 Å². The minimum absolute atomic E-state index is 0.0180. The van der Waals surface area contributed by atoms with Crippen LogP contribution in [-0.4, -0.2) is 45.3 Å². The van der Waals surface area contributed by atoms with Gasteiger partial charge in [0.2, 0.25) is 0 Å². The zero-order chi connectivity index (χ0) is 18.9. The number of carbonyl (C=O) groups excluding carboxylic acids is 1. The van der Waals surface area contributed by atoms with Crippen molar-refractivity contribution in [3.63, 3.8) is 0 Å². The molecule has 1 N–H and O–H groups in total. The number of H-pyrrole nitrogens is 1. The number of likely N-dealkylation sites (tertiary alicyclic amines) is 2. The van der Waals surface area contributed by atoms with Gasteiger partial charge in [0, 0.05) is 6.54 Å². The van der Waals surface area contributed by atoms with Crippen LogP contribution in [0, 0.1) is 0 Å². The molecule has 0 unspecified atom stereocenters. The molecule has 1 atom stereocenters. The molecule has 4 heterocycles. The lowest BCUT2D eigenvalue weighted by Crippen LogP contribution is -2.31. The van der Waals surface area contributed by atoms with Gasteiger partial charge in [0.05, 0.1) is 23.6 Å². The zero-order valence-corrected chi connectivity index (χ0v) is 16.1. The minimum atomic E-state index is -0.0344. The summed E-state index contributed by atoms with van der Waals surface area (Å²) in [5.74, 6) is 2.15. The van der Waals surface area contributed by atoms with Crippen LogP contribution in [0.25, 0.3) is 11.0 Å². The molecule has 3 aromatic rings. The normalized spacial score (nSPS) is 20.9. The van der Waals surface area contributed by atoms with Crippen molar-refractivity contribution < 1.29 is 9.21 Å². The van der Waals surface area contributed by atoms with Crippen LogP contribution in [0.15, 0.2) is 40.8 Å². The van der Waals surface area contributed by atoms with Crippen LogP contribution in [0.2, 0.25) is 0 Å². The van der Waals surface area contributed by atoms with Gasteiger partial charge >= 0.3 is 0 Å². The van der Waals surface area contributed by atoms with Crippen LogP contribution in [0.5, 0.6) is 0 Å². The number of piperidine rings is 1. The molecular formula is C22H26N4O2. The molecule has 28 heavy (non-hydrogen) atoms. The molecule has 0 bridgehead atoms. The Kier molecular flexibility index (Phi) is 4.64. The van der Waals surface area contributed by atoms with Crippen molar-refractivity contribution in [3.8, 4) is 0 Å². The smallest absolute Gasteiger partial charge is 0.290 e. The second kappa shape index (κ2) is 7.43. The number of benzene rings is 1. The maximum absolute atomic E-state index is 13.1. The summed E-state index contributed by atoms with van der Waals surface area (Å²) < 4.78 is 5.94. The van der Waals surface area contributed by atoms with E-state index in [0.29, 0.717) is 5.76 Å². The second-order valence-electron chi connectivity index (χ2n) is 7.90.